The van der Waals surface area contributed by atoms with E-state index in [2.05, 4.69) is 39.2 Å². The molecule has 1 fully saturated rings. The summed E-state index contributed by atoms with van der Waals surface area (Å²) in [7, 11) is 0. The smallest absolute Gasteiger partial charge is 0.219 e. The lowest BCUT2D eigenvalue weighted by Crippen LogP contribution is -2.38. The van der Waals surface area contributed by atoms with Crippen molar-refractivity contribution in [2.75, 3.05) is 62.9 Å². The third-order valence-corrected chi connectivity index (χ3v) is 5.30. The Kier molecular flexibility index (Phi) is 12.4. The molecular formula is C25H42N6O3. The Morgan fingerprint density at radius 2 is 1.82 bits per heavy atom. The van der Waals surface area contributed by atoms with Crippen molar-refractivity contribution in [2.24, 2.45) is 5.10 Å². The molecule has 0 aromatic carbocycles. The van der Waals surface area contributed by atoms with Gasteiger partial charge in [-0.1, -0.05) is 27.7 Å². The van der Waals surface area contributed by atoms with Gasteiger partial charge in [0, 0.05) is 44.9 Å². The summed E-state index contributed by atoms with van der Waals surface area (Å²) in [5, 5.41) is 4.26. The first kappa shape index (κ1) is 27.6. The monoisotopic (exact) mass is 474 g/mol. The van der Waals surface area contributed by atoms with Crippen LogP contribution in [0.2, 0.25) is 0 Å². The van der Waals surface area contributed by atoms with Crippen molar-refractivity contribution in [3.8, 4) is 5.88 Å². The van der Waals surface area contributed by atoms with Crippen LogP contribution < -0.4 is 15.1 Å². The minimum atomic E-state index is 0.494. The van der Waals surface area contributed by atoms with Crippen molar-refractivity contribution in [3.63, 3.8) is 0 Å². The molecule has 0 saturated carbocycles. The van der Waals surface area contributed by atoms with Gasteiger partial charge in [0.15, 0.2) is 5.82 Å². The van der Waals surface area contributed by atoms with Gasteiger partial charge in [-0.15, -0.1) is 0 Å². The molecule has 0 aliphatic carbocycles. The maximum absolute atomic E-state index is 6.02. The molecule has 0 atom stereocenters. The fourth-order valence-electron chi connectivity index (χ4n) is 3.49. The van der Waals surface area contributed by atoms with Gasteiger partial charge in [0.2, 0.25) is 11.8 Å². The Morgan fingerprint density at radius 1 is 1.12 bits per heavy atom. The summed E-state index contributed by atoms with van der Waals surface area (Å²) in [5.74, 6) is 3.37. The second-order valence-electron chi connectivity index (χ2n) is 7.93. The summed E-state index contributed by atoms with van der Waals surface area (Å²) in [4.78, 5) is 13.9. The molecule has 1 aliphatic heterocycles. The highest BCUT2D eigenvalue weighted by molar-refractivity contribution is 5.76. The van der Waals surface area contributed by atoms with Crippen molar-refractivity contribution in [2.45, 2.75) is 54.4 Å². The molecule has 0 spiro atoms. The number of hydrogen-bond donors (Lipinski definition) is 1. The number of morpholine rings is 1. The highest BCUT2D eigenvalue weighted by atomic mass is 16.5. The Hall–Kier alpha value is -2.65. The third kappa shape index (κ3) is 8.95. The highest BCUT2D eigenvalue weighted by Gasteiger charge is 2.13. The van der Waals surface area contributed by atoms with Crippen LogP contribution in [-0.2, 0) is 4.74 Å². The average molecular weight is 475 g/mol. The number of nitrogens with zero attached hydrogens (tertiary/aromatic N) is 5. The molecule has 3 heterocycles. The molecule has 1 N–H and O–H groups in total. The van der Waals surface area contributed by atoms with Crippen molar-refractivity contribution in [3.05, 3.63) is 29.3 Å². The number of rotatable bonds is 12. The van der Waals surface area contributed by atoms with Crippen LogP contribution in [0.5, 0.6) is 5.88 Å². The molecule has 2 aromatic heterocycles. The van der Waals surface area contributed by atoms with E-state index >= 15 is 0 Å². The van der Waals surface area contributed by atoms with Crippen LogP contribution in [0.4, 0.5) is 11.7 Å². The predicted octanol–water partition coefficient (Wildman–Crippen LogP) is 4.50. The topological polar surface area (TPSA) is 88.2 Å². The van der Waals surface area contributed by atoms with Crippen LogP contribution in [0.25, 0.3) is 0 Å². The van der Waals surface area contributed by atoms with Crippen molar-refractivity contribution in [1.82, 2.24) is 14.9 Å². The van der Waals surface area contributed by atoms with Crippen LogP contribution in [0.1, 0.15) is 57.7 Å². The van der Waals surface area contributed by atoms with Gasteiger partial charge in [0.1, 0.15) is 18.2 Å². The molecule has 34 heavy (non-hydrogen) atoms. The average Bonchev–Trinajstić information content (AvgIpc) is 3.17. The minimum absolute atomic E-state index is 0.494. The van der Waals surface area contributed by atoms with E-state index in [-0.39, 0.29) is 0 Å². The molecule has 0 amide bonds. The molecule has 190 valence electrons. The molecule has 9 heteroatoms. The summed E-state index contributed by atoms with van der Waals surface area (Å²) < 4.78 is 17.0. The summed E-state index contributed by atoms with van der Waals surface area (Å²) in [6.45, 7) is 19.0. The lowest BCUT2D eigenvalue weighted by atomic mass is 10.3. The molecule has 0 unspecified atom stereocenters. The van der Waals surface area contributed by atoms with Gasteiger partial charge in [-0.05, 0) is 32.3 Å². The maximum Gasteiger partial charge on any atom is 0.219 e. The van der Waals surface area contributed by atoms with Gasteiger partial charge in [-0.3, -0.25) is 4.90 Å². The zero-order valence-corrected chi connectivity index (χ0v) is 21.8. The van der Waals surface area contributed by atoms with E-state index in [1.807, 2.05) is 39.8 Å². The summed E-state index contributed by atoms with van der Waals surface area (Å²) in [6, 6.07) is 3.84. The van der Waals surface area contributed by atoms with E-state index in [1.165, 1.54) is 0 Å². The zero-order valence-electron chi connectivity index (χ0n) is 21.8. The molecule has 3 rings (SSSR count). The highest BCUT2D eigenvalue weighted by Crippen LogP contribution is 2.19. The van der Waals surface area contributed by atoms with Gasteiger partial charge >= 0.3 is 0 Å². The second-order valence-corrected chi connectivity index (χ2v) is 7.93. The molecule has 1 aliphatic rings. The Morgan fingerprint density at radius 3 is 2.44 bits per heavy atom. The fraction of sp³-hybridized carbons (Fsp3) is 0.640. The van der Waals surface area contributed by atoms with Crippen LogP contribution >= 0.6 is 0 Å². The Bertz CT molecular complexity index is 839. The lowest BCUT2D eigenvalue weighted by molar-refractivity contribution is 0.0320. The van der Waals surface area contributed by atoms with E-state index in [1.54, 1.807) is 6.21 Å². The minimum Gasteiger partial charge on any atom is -0.476 e. The number of hydrazone groups is 1. The zero-order chi connectivity index (χ0) is 24.8. The number of aryl methyl sites for hydroxylation is 2. The number of aromatic nitrogens is 2. The molecule has 0 radical (unpaired) electrons. The molecule has 0 bridgehead atoms. The first-order chi connectivity index (χ1) is 16.6. The lowest BCUT2D eigenvalue weighted by Gasteiger charge is -2.26. The Balaban J connectivity index is 0.00000199. The van der Waals surface area contributed by atoms with E-state index in [4.69, 9.17) is 18.9 Å². The number of nitrogens with one attached hydrogen (secondary N) is 1. The third-order valence-electron chi connectivity index (χ3n) is 5.30. The van der Waals surface area contributed by atoms with E-state index in [9.17, 15) is 0 Å². The quantitative estimate of drug-likeness (QED) is 0.355. The fourth-order valence-corrected chi connectivity index (χ4v) is 3.49. The van der Waals surface area contributed by atoms with Gasteiger partial charge in [0.05, 0.1) is 19.4 Å². The maximum atomic E-state index is 6.02. The van der Waals surface area contributed by atoms with Gasteiger partial charge in [-0.25, -0.2) is 10.4 Å². The first-order valence-corrected chi connectivity index (χ1v) is 12.5. The SMILES string of the molecule is CC.CCCN(CCC)c1cc(OCCN2CCOCC2)nc(/C=N/Nc2cc(C)c(C)o2)n1. The summed E-state index contributed by atoms with van der Waals surface area (Å²) >= 11 is 0. The van der Waals surface area contributed by atoms with Crippen molar-refractivity contribution in [1.29, 1.82) is 0 Å². The predicted molar refractivity (Wildman–Crippen MR) is 138 cm³/mol. The summed E-state index contributed by atoms with van der Waals surface area (Å²) in [5.41, 5.74) is 3.98. The number of hydrogen-bond acceptors (Lipinski definition) is 9. The van der Waals surface area contributed by atoms with Crippen LogP contribution in [0.3, 0.4) is 0 Å². The van der Waals surface area contributed by atoms with Gasteiger partial charge < -0.3 is 18.8 Å². The van der Waals surface area contributed by atoms with Crippen LogP contribution in [-0.4, -0.2) is 73.6 Å². The second kappa shape index (κ2) is 15.3. The van der Waals surface area contributed by atoms with Crippen molar-refractivity contribution >= 4 is 17.9 Å². The van der Waals surface area contributed by atoms with E-state index in [0.29, 0.717) is 24.2 Å². The number of anilines is 2. The molecule has 1 saturated heterocycles. The van der Waals surface area contributed by atoms with E-state index < -0.39 is 0 Å². The normalized spacial score (nSPS) is 14.1. The van der Waals surface area contributed by atoms with Gasteiger partial charge in [-0.2, -0.15) is 10.1 Å². The molecule has 9 nitrogen and oxygen atoms in total. The van der Waals surface area contributed by atoms with Crippen LogP contribution in [0.15, 0.2) is 21.7 Å². The largest absolute Gasteiger partial charge is 0.476 e. The number of furan rings is 1. The molecule has 2 aromatic rings. The molecular weight excluding hydrogens is 432 g/mol. The van der Waals surface area contributed by atoms with Crippen molar-refractivity contribution < 1.29 is 13.9 Å². The summed E-state index contributed by atoms with van der Waals surface area (Å²) in [6.07, 6.45) is 3.68. The van der Waals surface area contributed by atoms with Gasteiger partial charge in [0.25, 0.3) is 0 Å². The Labute approximate surface area is 204 Å². The van der Waals surface area contributed by atoms with Crippen LogP contribution in [0, 0.1) is 13.8 Å². The number of ether oxygens (including phenoxy) is 2. The van der Waals surface area contributed by atoms with E-state index in [0.717, 1.165) is 75.9 Å². The first-order valence-electron chi connectivity index (χ1n) is 12.5. The standard InChI is InChI=1S/C23H36N6O3.C2H6/c1-5-7-29(8-6-2)21-16-22(31-14-11-28-9-12-30-13-10-28)26-20(25-21)17-24-27-23-15-18(3)19(4)32-23;1-2/h15-17,27H,5-14H2,1-4H3;1-2H3/b24-17+;.